The van der Waals surface area contributed by atoms with E-state index < -0.39 is 0 Å². The van der Waals surface area contributed by atoms with E-state index in [1.807, 2.05) is 18.2 Å². The van der Waals surface area contributed by atoms with Crippen LogP contribution in [0.2, 0.25) is 0 Å². The maximum atomic E-state index is 12.1. The van der Waals surface area contributed by atoms with Crippen LogP contribution in [0.25, 0.3) is 0 Å². The lowest BCUT2D eigenvalue weighted by molar-refractivity contribution is -0.123. The fraction of sp³-hybridized carbons (Fsp3) is 0.364. The summed E-state index contributed by atoms with van der Waals surface area (Å²) in [7, 11) is 0. The number of amides is 1. The molecule has 0 unspecified atom stereocenters. The molecular formula is C22H28N2O3. The van der Waals surface area contributed by atoms with Gasteiger partial charge in [-0.1, -0.05) is 38.1 Å². The minimum absolute atomic E-state index is 0.00247. The van der Waals surface area contributed by atoms with Gasteiger partial charge in [-0.25, -0.2) is 0 Å². The third-order valence-corrected chi connectivity index (χ3v) is 4.51. The first kappa shape index (κ1) is 20.6. The molecule has 2 rings (SSSR count). The van der Waals surface area contributed by atoms with Crippen molar-refractivity contribution in [3.8, 4) is 5.75 Å². The van der Waals surface area contributed by atoms with Gasteiger partial charge in [-0.3, -0.25) is 14.5 Å². The fourth-order valence-electron chi connectivity index (χ4n) is 2.75. The molecule has 0 heterocycles. The molecule has 144 valence electrons. The number of nitrogens with one attached hydrogen (secondary N) is 1. The number of ether oxygens (including phenoxy) is 1. The standard InChI is InChI=1S/C22H28N2O3/c1-4-24(5-2)15-20-9-7-6-8-19(20)14-23-22(26)16-27-21-12-10-18(11-13-21)17(3)25/h6-13H,4-5,14-16H2,1-3H3,(H,23,26). The van der Waals surface area contributed by atoms with E-state index in [-0.39, 0.29) is 18.3 Å². The van der Waals surface area contributed by atoms with Crippen LogP contribution in [0.5, 0.6) is 5.75 Å². The third kappa shape index (κ3) is 6.53. The van der Waals surface area contributed by atoms with E-state index in [0.29, 0.717) is 17.9 Å². The highest BCUT2D eigenvalue weighted by Crippen LogP contribution is 2.13. The van der Waals surface area contributed by atoms with Gasteiger partial charge in [-0.2, -0.15) is 0 Å². The zero-order valence-corrected chi connectivity index (χ0v) is 16.3. The highest BCUT2D eigenvalue weighted by Gasteiger charge is 2.08. The molecule has 27 heavy (non-hydrogen) atoms. The van der Waals surface area contributed by atoms with Crippen LogP contribution < -0.4 is 10.1 Å². The maximum Gasteiger partial charge on any atom is 0.258 e. The Balaban J connectivity index is 1.85. The number of hydrogen-bond donors (Lipinski definition) is 1. The van der Waals surface area contributed by atoms with Gasteiger partial charge < -0.3 is 10.1 Å². The van der Waals surface area contributed by atoms with Gasteiger partial charge in [-0.15, -0.1) is 0 Å². The van der Waals surface area contributed by atoms with Crippen molar-refractivity contribution >= 4 is 11.7 Å². The summed E-state index contributed by atoms with van der Waals surface area (Å²) in [4.78, 5) is 25.7. The minimum atomic E-state index is -0.178. The lowest BCUT2D eigenvalue weighted by Crippen LogP contribution is -2.29. The summed E-state index contributed by atoms with van der Waals surface area (Å²) in [5.41, 5.74) is 2.96. The van der Waals surface area contributed by atoms with E-state index in [1.54, 1.807) is 24.3 Å². The molecule has 0 bridgehead atoms. The average molecular weight is 368 g/mol. The Labute approximate surface area is 161 Å². The number of nitrogens with zero attached hydrogens (tertiary/aromatic N) is 1. The van der Waals surface area contributed by atoms with Crippen LogP contribution in [0.1, 0.15) is 42.3 Å². The number of rotatable bonds is 10. The van der Waals surface area contributed by atoms with E-state index in [1.165, 1.54) is 12.5 Å². The van der Waals surface area contributed by atoms with Crippen molar-refractivity contribution < 1.29 is 14.3 Å². The first-order valence-corrected chi connectivity index (χ1v) is 9.33. The number of hydrogen-bond acceptors (Lipinski definition) is 4. The van der Waals surface area contributed by atoms with Crippen LogP contribution in [0.3, 0.4) is 0 Å². The van der Waals surface area contributed by atoms with E-state index in [2.05, 4.69) is 30.1 Å². The molecule has 0 aliphatic heterocycles. The van der Waals surface area contributed by atoms with Crippen LogP contribution in [-0.2, 0) is 17.9 Å². The molecule has 0 fully saturated rings. The van der Waals surface area contributed by atoms with E-state index >= 15 is 0 Å². The summed E-state index contributed by atoms with van der Waals surface area (Å²) < 4.78 is 5.49. The SMILES string of the molecule is CCN(CC)Cc1ccccc1CNC(=O)COc1ccc(C(C)=O)cc1. The predicted molar refractivity (Wildman–Crippen MR) is 107 cm³/mol. The van der Waals surface area contributed by atoms with Gasteiger partial charge in [0.1, 0.15) is 5.75 Å². The average Bonchev–Trinajstić information content (AvgIpc) is 2.69. The predicted octanol–water partition coefficient (Wildman–Crippen LogP) is 3.43. The Morgan fingerprint density at radius 2 is 1.59 bits per heavy atom. The van der Waals surface area contributed by atoms with Crippen molar-refractivity contribution in [2.45, 2.75) is 33.9 Å². The van der Waals surface area contributed by atoms with E-state index in [0.717, 1.165) is 25.2 Å². The topological polar surface area (TPSA) is 58.6 Å². The molecule has 5 heteroatoms. The van der Waals surface area contributed by atoms with Crippen LogP contribution >= 0.6 is 0 Å². The number of benzene rings is 2. The zero-order chi connectivity index (χ0) is 19.6. The molecular weight excluding hydrogens is 340 g/mol. The Morgan fingerprint density at radius 1 is 0.963 bits per heavy atom. The van der Waals surface area contributed by atoms with Crippen LogP contribution in [0.15, 0.2) is 48.5 Å². The van der Waals surface area contributed by atoms with Crippen LogP contribution in [0.4, 0.5) is 0 Å². The summed E-state index contributed by atoms with van der Waals surface area (Å²) in [6.07, 6.45) is 0. The number of carbonyl (C=O) groups is 2. The van der Waals surface area contributed by atoms with Gasteiger partial charge >= 0.3 is 0 Å². The molecule has 0 saturated heterocycles. The Hall–Kier alpha value is -2.66. The zero-order valence-electron chi connectivity index (χ0n) is 16.3. The molecule has 0 aliphatic carbocycles. The van der Waals surface area contributed by atoms with E-state index in [4.69, 9.17) is 4.74 Å². The Kier molecular flexibility index (Phi) is 8.01. The second-order valence-corrected chi connectivity index (χ2v) is 6.38. The first-order chi connectivity index (χ1) is 13.0. The third-order valence-electron chi connectivity index (χ3n) is 4.51. The van der Waals surface area contributed by atoms with Gasteiger partial charge in [0.05, 0.1) is 0 Å². The number of carbonyl (C=O) groups excluding carboxylic acids is 2. The molecule has 5 nitrogen and oxygen atoms in total. The minimum Gasteiger partial charge on any atom is -0.484 e. The normalized spacial score (nSPS) is 10.7. The summed E-state index contributed by atoms with van der Waals surface area (Å²) in [5, 5.41) is 2.91. The highest BCUT2D eigenvalue weighted by molar-refractivity contribution is 5.94. The van der Waals surface area contributed by atoms with Crippen molar-refractivity contribution in [2.75, 3.05) is 19.7 Å². The molecule has 0 atom stereocenters. The van der Waals surface area contributed by atoms with Gasteiger partial charge in [0, 0.05) is 18.7 Å². The van der Waals surface area contributed by atoms with Crippen LogP contribution in [0, 0.1) is 0 Å². The van der Waals surface area contributed by atoms with Crippen molar-refractivity contribution in [2.24, 2.45) is 0 Å². The van der Waals surface area contributed by atoms with Gasteiger partial charge in [0.25, 0.3) is 5.91 Å². The van der Waals surface area contributed by atoms with Crippen molar-refractivity contribution in [1.82, 2.24) is 10.2 Å². The summed E-state index contributed by atoms with van der Waals surface area (Å²) in [5.74, 6) is 0.392. The van der Waals surface area contributed by atoms with Gasteiger partial charge in [0.2, 0.25) is 0 Å². The van der Waals surface area contributed by atoms with Crippen molar-refractivity contribution in [1.29, 1.82) is 0 Å². The first-order valence-electron chi connectivity index (χ1n) is 9.33. The molecule has 1 N–H and O–H groups in total. The second-order valence-electron chi connectivity index (χ2n) is 6.38. The molecule has 0 radical (unpaired) electrons. The molecule has 2 aromatic carbocycles. The molecule has 0 aliphatic rings. The molecule has 1 amide bonds. The number of Topliss-reactive ketones (excluding diaryl/α,β-unsaturated/α-hetero) is 1. The lowest BCUT2D eigenvalue weighted by atomic mass is 10.1. The van der Waals surface area contributed by atoms with Crippen LogP contribution in [-0.4, -0.2) is 36.3 Å². The van der Waals surface area contributed by atoms with Gasteiger partial charge in [0.15, 0.2) is 12.4 Å². The van der Waals surface area contributed by atoms with E-state index in [9.17, 15) is 9.59 Å². The van der Waals surface area contributed by atoms with Gasteiger partial charge in [-0.05, 0) is 55.4 Å². The summed E-state index contributed by atoms with van der Waals surface area (Å²) >= 11 is 0. The van der Waals surface area contributed by atoms with Crippen molar-refractivity contribution in [3.63, 3.8) is 0 Å². The molecule has 2 aromatic rings. The Morgan fingerprint density at radius 3 is 2.19 bits per heavy atom. The Bertz CT molecular complexity index is 752. The lowest BCUT2D eigenvalue weighted by Gasteiger charge is -2.20. The molecule has 0 aromatic heterocycles. The molecule has 0 saturated carbocycles. The second kappa shape index (κ2) is 10.5. The monoisotopic (exact) mass is 368 g/mol. The summed E-state index contributed by atoms with van der Waals surface area (Å²) in [6, 6.07) is 14.9. The quantitative estimate of drug-likeness (QED) is 0.653. The maximum absolute atomic E-state index is 12.1. The number of ketones is 1. The smallest absolute Gasteiger partial charge is 0.258 e. The van der Waals surface area contributed by atoms with Crippen molar-refractivity contribution in [3.05, 3.63) is 65.2 Å². The largest absolute Gasteiger partial charge is 0.484 e. The highest BCUT2D eigenvalue weighted by atomic mass is 16.5. The summed E-state index contributed by atoms with van der Waals surface area (Å²) in [6.45, 7) is 9.09. The fourth-order valence-corrected chi connectivity index (χ4v) is 2.75. The molecule has 0 spiro atoms.